The van der Waals surface area contributed by atoms with E-state index in [4.69, 9.17) is 11.6 Å². The molecule has 0 fully saturated rings. The minimum Gasteiger partial charge on any atom is -0.340 e. The number of rotatable bonds is 4. The zero-order chi connectivity index (χ0) is 17.8. The monoisotopic (exact) mass is 356 g/mol. The van der Waals surface area contributed by atoms with Gasteiger partial charge in [0.1, 0.15) is 18.0 Å². The van der Waals surface area contributed by atoms with Crippen molar-refractivity contribution in [3.8, 4) is 0 Å². The highest BCUT2D eigenvalue weighted by molar-refractivity contribution is 6.34. The maximum absolute atomic E-state index is 13.8. The van der Waals surface area contributed by atoms with E-state index in [1.165, 1.54) is 24.5 Å². The van der Waals surface area contributed by atoms with E-state index in [-0.39, 0.29) is 10.6 Å². The summed E-state index contributed by atoms with van der Waals surface area (Å²) in [5, 5.41) is 5.82. The first-order valence-electron chi connectivity index (χ1n) is 7.44. The van der Waals surface area contributed by atoms with Gasteiger partial charge in [0.2, 0.25) is 0 Å². The minimum absolute atomic E-state index is 0.0647. The van der Waals surface area contributed by atoms with Crippen LogP contribution >= 0.6 is 11.6 Å². The maximum atomic E-state index is 13.8. The topological polar surface area (TPSA) is 66.9 Å². The van der Waals surface area contributed by atoms with Crippen molar-refractivity contribution < 1.29 is 9.18 Å². The summed E-state index contributed by atoms with van der Waals surface area (Å²) in [6, 6.07) is 12.9. The number of anilines is 3. The van der Waals surface area contributed by atoms with Crippen molar-refractivity contribution in [1.29, 1.82) is 0 Å². The molecule has 1 amide bonds. The molecule has 0 radical (unpaired) electrons. The Bertz CT molecular complexity index is 895. The summed E-state index contributed by atoms with van der Waals surface area (Å²) in [4.78, 5) is 20.3. The Morgan fingerprint density at radius 1 is 1.08 bits per heavy atom. The standard InChI is InChI=1S/C18H14ClFN4O/c1-11-9-16(22-10-21-11)23-12-5-7-13(8-6-12)24-18(25)17-14(19)3-2-4-15(17)20/h2-10H,1H3,(H,24,25)(H,21,22,23). The van der Waals surface area contributed by atoms with Crippen molar-refractivity contribution >= 4 is 34.7 Å². The number of nitrogens with zero attached hydrogens (tertiary/aromatic N) is 2. The Hall–Kier alpha value is -2.99. The molecule has 3 aromatic rings. The van der Waals surface area contributed by atoms with Crippen molar-refractivity contribution in [3.05, 3.63) is 77.0 Å². The number of aromatic nitrogens is 2. The largest absolute Gasteiger partial charge is 0.340 e. The smallest absolute Gasteiger partial charge is 0.260 e. The maximum Gasteiger partial charge on any atom is 0.260 e. The molecule has 5 nitrogen and oxygen atoms in total. The summed E-state index contributed by atoms with van der Waals surface area (Å²) in [5.74, 6) is -0.597. The van der Waals surface area contributed by atoms with Gasteiger partial charge < -0.3 is 10.6 Å². The van der Waals surface area contributed by atoms with Gasteiger partial charge in [0.15, 0.2) is 0 Å². The van der Waals surface area contributed by atoms with Gasteiger partial charge in [-0.1, -0.05) is 17.7 Å². The highest BCUT2D eigenvalue weighted by Gasteiger charge is 2.15. The Kier molecular flexibility index (Phi) is 4.90. The van der Waals surface area contributed by atoms with Crippen LogP contribution in [0.1, 0.15) is 16.1 Å². The van der Waals surface area contributed by atoms with Crippen molar-refractivity contribution in [2.24, 2.45) is 0 Å². The zero-order valence-corrected chi connectivity index (χ0v) is 14.0. The van der Waals surface area contributed by atoms with E-state index in [0.717, 1.165) is 11.4 Å². The minimum atomic E-state index is -0.664. The molecule has 3 rings (SSSR count). The lowest BCUT2D eigenvalue weighted by Crippen LogP contribution is -2.14. The molecule has 1 heterocycles. The highest BCUT2D eigenvalue weighted by atomic mass is 35.5. The van der Waals surface area contributed by atoms with E-state index in [0.29, 0.717) is 11.5 Å². The summed E-state index contributed by atoms with van der Waals surface area (Å²) in [7, 11) is 0. The fourth-order valence-corrected chi connectivity index (χ4v) is 2.46. The van der Waals surface area contributed by atoms with Gasteiger partial charge in [0, 0.05) is 23.1 Å². The predicted octanol–water partition coefficient (Wildman–Crippen LogP) is 4.57. The van der Waals surface area contributed by atoms with Crippen LogP contribution in [0.4, 0.5) is 21.6 Å². The summed E-state index contributed by atoms with van der Waals surface area (Å²) in [6.07, 6.45) is 1.48. The third-order valence-corrected chi connectivity index (χ3v) is 3.72. The molecule has 0 bridgehead atoms. The van der Waals surface area contributed by atoms with Gasteiger partial charge in [-0.25, -0.2) is 14.4 Å². The van der Waals surface area contributed by atoms with E-state index in [1.54, 1.807) is 24.3 Å². The molecular weight excluding hydrogens is 343 g/mol. The van der Waals surface area contributed by atoms with Gasteiger partial charge in [-0.05, 0) is 43.3 Å². The first-order valence-corrected chi connectivity index (χ1v) is 7.82. The summed E-state index contributed by atoms with van der Waals surface area (Å²) >= 11 is 5.90. The number of nitrogens with one attached hydrogen (secondary N) is 2. The van der Waals surface area contributed by atoms with E-state index in [9.17, 15) is 9.18 Å². The lowest BCUT2D eigenvalue weighted by molar-refractivity contribution is 0.102. The summed E-state index contributed by atoms with van der Waals surface area (Å²) in [6.45, 7) is 1.87. The number of amides is 1. The highest BCUT2D eigenvalue weighted by Crippen LogP contribution is 2.22. The molecular formula is C18H14ClFN4O. The quantitative estimate of drug-likeness (QED) is 0.718. The Balaban J connectivity index is 1.71. The van der Waals surface area contributed by atoms with Crippen molar-refractivity contribution in [3.63, 3.8) is 0 Å². The van der Waals surface area contributed by atoms with Crippen LogP contribution in [0.3, 0.4) is 0 Å². The number of hydrogen-bond donors (Lipinski definition) is 2. The number of aryl methyl sites for hydroxylation is 1. The van der Waals surface area contributed by atoms with Crippen LogP contribution in [0.15, 0.2) is 54.9 Å². The Morgan fingerprint density at radius 3 is 2.48 bits per heavy atom. The number of carbonyl (C=O) groups excluding carboxylic acids is 1. The van der Waals surface area contributed by atoms with Gasteiger partial charge in [-0.2, -0.15) is 0 Å². The molecule has 0 spiro atoms. The average Bonchev–Trinajstić information content (AvgIpc) is 2.56. The molecule has 7 heteroatoms. The van der Waals surface area contributed by atoms with Gasteiger partial charge in [0.05, 0.1) is 10.6 Å². The Morgan fingerprint density at radius 2 is 1.80 bits per heavy atom. The second kappa shape index (κ2) is 7.27. The lowest BCUT2D eigenvalue weighted by atomic mass is 10.2. The number of halogens is 2. The Labute approximate surface area is 148 Å². The van der Waals surface area contributed by atoms with Crippen molar-refractivity contribution in [1.82, 2.24) is 9.97 Å². The van der Waals surface area contributed by atoms with Crippen LogP contribution in [-0.2, 0) is 0 Å². The van der Waals surface area contributed by atoms with Crippen LogP contribution in [0, 0.1) is 12.7 Å². The van der Waals surface area contributed by atoms with Crippen LogP contribution in [0.25, 0.3) is 0 Å². The number of hydrogen-bond acceptors (Lipinski definition) is 4. The van der Waals surface area contributed by atoms with Crippen LogP contribution in [0.2, 0.25) is 5.02 Å². The molecule has 0 aliphatic carbocycles. The van der Waals surface area contributed by atoms with Gasteiger partial charge in [-0.3, -0.25) is 4.79 Å². The SMILES string of the molecule is Cc1cc(Nc2ccc(NC(=O)c3c(F)cccc3Cl)cc2)ncn1. The van der Waals surface area contributed by atoms with Crippen LogP contribution in [-0.4, -0.2) is 15.9 Å². The molecule has 0 atom stereocenters. The first kappa shape index (κ1) is 16.9. The third kappa shape index (κ3) is 4.10. The zero-order valence-electron chi connectivity index (χ0n) is 13.3. The third-order valence-electron chi connectivity index (χ3n) is 3.41. The second-order valence-electron chi connectivity index (χ2n) is 5.30. The molecule has 0 unspecified atom stereocenters. The van der Waals surface area contributed by atoms with E-state index in [2.05, 4.69) is 20.6 Å². The van der Waals surface area contributed by atoms with Crippen LogP contribution in [0.5, 0.6) is 0 Å². The molecule has 0 aliphatic rings. The van der Waals surface area contributed by atoms with E-state index >= 15 is 0 Å². The van der Waals surface area contributed by atoms with Crippen LogP contribution < -0.4 is 10.6 Å². The lowest BCUT2D eigenvalue weighted by Gasteiger charge is -2.09. The van der Waals surface area contributed by atoms with Crippen molar-refractivity contribution in [2.75, 3.05) is 10.6 Å². The number of carbonyl (C=O) groups is 1. The summed E-state index contributed by atoms with van der Waals surface area (Å²) < 4.78 is 13.8. The van der Waals surface area contributed by atoms with Crippen molar-refractivity contribution in [2.45, 2.75) is 6.92 Å². The first-order chi connectivity index (χ1) is 12.0. The molecule has 0 saturated heterocycles. The van der Waals surface area contributed by atoms with Gasteiger partial charge in [0.25, 0.3) is 5.91 Å². The predicted molar refractivity (Wildman–Crippen MR) is 95.9 cm³/mol. The average molecular weight is 357 g/mol. The second-order valence-corrected chi connectivity index (χ2v) is 5.70. The van der Waals surface area contributed by atoms with E-state index < -0.39 is 11.7 Å². The summed E-state index contributed by atoms with van der Waals surface area (Å²) in [5.41, 5.74) is 1.99. The molecule has 0 saturated carbocycles. The molecule has 2 N–H and O–H groups in total. The normalized spacial score (nSPS) is 10.4. The molecule has 1 aromatic heterocycles. The number of benzene rings is 2. The fourth-order valence-electron chi connectivity index (χ4n) is 2.22. The van der Waals surface area contributed by atoms with Gasteiger partial charge in [-0.15, -0.1) is 0 Å². The van der Waals surface area contributed by atoms with Gasteiger partial charge >= 0.3 is 0 Å². The molecule has 0 aliphatic heterocycles. The molecule has 25 heavy (non-hydrogen) atoms. The van der Waals surface area contributed by atoms with E-state index in [1.807, 2.05) is 13.0 Å². The molecule has 2 aromatic carbocycles. The molecule has 126 valence electrons. The fraction of sp³-hybridized carbons (Fsp3) is 0.0556.